The zero-order valence-corrected chi connectivity index (χ0v) is 22.0. The molecule has 2 saturated heterocycles. The van der Waals surface area contributed by atoms with Crippen LogP contribution in [-0.2, 0) is 27.3 Å². The summed E-state index contributed by atoms with van der Waals surface area (Å²) in [5.41, 5.74) is 3.65. The molecule has 38 heavy (non-hydrogen) atoms. The first-order chi connectivity index (χ1) is 18.3. The van der Waals surface area contributed by atoms with Crippen LogP contribution in [0.2, 0.25) is 5.02 Å². The molecule has 4 amide bonds. The molecule has 3 aliphatic heterocycles. The van der Waals surface area contributed by atoms with Crippen molar-refractivity contribution in [1.29, 1.82) is 0 Å². The van der Waals surface area contributed by atoms with Gasteiger partial charge in [0.05, 0.1) is 6.61 Å². The van der Waals surface area contributed by atoms with Crippen LogP contribution >= 0.6 is 11.6 Å². The molecular weight excluding hydrogens is 508 g/mol. The van der Waals surface area contributed by atoms with Gasteiger partial charge in [-0.3, -0.25) is 24.5 Å². The molecule has 0 aromatic heterocycles. The summed E-state index contributed by atoms with van der Waals surface area (Å²) >= 11 is 6.40. The van der Waals surface area contributed by atoms with E-state index in [-0.39, 0.29) is 30.6 Å². The van der Waals surface area contributed by atoms with Crippen molar-refractivity contribution < 1.29 is 23.9 Å². The number of hydrogen-bond donors (Lipinski definition) is 3. The first-order valence-corrected chi connectivity index (χ1v) is 13.4. The van der Waals surface area contributed by atoms with Crippen molar-refractivity contribution in [1.82, 2.24) is 15.5 Å². The van der Waals surface area contributed by atoms with Gasteiger partial charge in [-0.1, -0.05) is 23.7 Å². The minimum atomic E-state index is -0.646. The number of aryl methyl sites for hydroxylation is 1. The van der Waals surface area contributed by atoms with Gasteiger partial charge in [0.15, 0.2) is 0 Å². The lowest BCUT2D eigenvalue weighted by Gasteiger charge is -2.29. The molecule has 2 aromatic carbocycles. The summed E-state index contributed by atoms with van der Waals surface area (Å²) in [6.45, 7) is 4.76. The number of anilines is 1. The van der Waals surface area contributed by atoms with Gasteiger partial charge in [-0.15, -0.1) is 0 Å². The van der Waals surface area contributed by atoms with Crippen LogP contribution in [-0.4, -0.2) is 54.3 Å². The Morgan fingerprint density at radius 3 is 2.79 bits per heavy atom. The summed E-state index contributed by atoms with van der Waals surface area (Å²) in [5, 5.41) is 9.07. The van der Waals surface area contributed by atoms with Crippen molar-refractivity contribution in [2.45, 2.75) is 51.6 Å². The lowest BCUT2D eigenvalue weighted by atomic mass is 10.0. The fourth-order valence-electron chi connectivity index (χ4n) is 5.18. The standard InChI is InChI=1S/C28H31ClN4O5/c1-16-22(29)11-20(12-24(16)38-15-18-8-9-30-13-18)31-25(34)6-3-17-2-4-19-14-33(28(37)21(19)10-17)23-5-7-26(35)32-27(23)36/h2,4,10-12,18,23,30H,3,5-9,13-15H2,1H3,(H,31,34)(H,32,35,36). The number of hydrogen-bond acceptors (Lipinski definition) is 6. The molecule has 3 aliphatic rings. The van der Waals surface area contributed by atoms with E-state index in [9.17, 15) is 19.2 Å². The Morgan fingerprint density at radius 2 is 2.03 bits per heavy atom. The van der Waals surface area contributed by atoms with Gasteiger partial charge in [-0.05, 0) is 56.0 Å². The molecule has 2 fully saturated rings. The highest BCUT2D eigenvalue weighted by Crippen LogP contribution is 2.32. The summed E-state index contributed by atoms with van der Waals surface area (Å²) in [6.07, 6.45) is 2.29. The third-order valence-corrected chi connectivity index (χ3v) is 7.84. The number of imide groups is 1. The largest absolute Gasteiger partial charge is 0.493 e. The summed E-state index contributed by atoms with van der Waals surface area (Å²) in [4.78, 5) is 51.0. The second-order valence-corrected chi connectivity index (χ2v) is 10.6. The van der Waals surface area contributed by atoms with E-state index in [0.29, 0.717) is 53.9 Å². The Kier molecular flexibility index (Phi) is 7.67. The molecule has 3 heterocycles. The number of piperidine rings is 1. The minimum absolute atomic E-state index is 0.173. The van der Waals surface area contributed by atoms with E-state index < -0.39 is 11.9 Å². The van der Waals surface area contributed by atoms with Crippen LogP contribution in [0.15, 0.2) is 30.3 Å². The Balaban J connectivity index is 1.18. The maximum atomic E-state index is 13.0. The monoisotopic (exact) mass is 538 g/mol. The summed E-state index contributed by atoms with van der Waals surface area (Å²) in [5.74, 6) is -0.0168. The molecule has 5 rings (SSSR count). The summed E-state index contributed by atoms with van der Waals surface area (Å²) in [7, 11) is 0. The number of ether oxygens (including phenoxy) is 1. The van der Waals surface area contributed by atoms with Gasteiger partial charge >= 0.3 is 0 Å². The SMILES string of the molecule is Cc1c(Cl)cc(NC(=O)CCc2ccc3c(c2)C(=O)N(C2CCC(=O)NC2=O)C3)cc1OCC1CCNC1. The molecule has 2 atom stereocenters. The van der Waals surface area contributed by atoms with Crippen LogP contribution in [0.4, 0.5) is 5.69 Å². The highest BCUT2D eigenvalue weighted by atomic mass is 35.5. The van der Waals surface area contributed by atoms with Gasteiger partial charge < -0.3 is 20.3 Å². The molecule has 2 aromatic rings. The predicted molar refractivity (Wildman–Crippen MR) is 142 cm³/mol. The zero-order chi connectivity index (χ0) is 26.8. The van der Waals surface area contributed by atoms with Crippen molar-refractivity contribution in [2.75, 3.05) is 25.0 Å². The van der Waals surface area contributed by atoms with Crippen molar-refractivity contribution in [2.24, 2.45) is 5.92 Å². The van der Waals surface area contributed by atoms with Crippen molar-refractivity contribution >= 4 is 40.9 Å². The van der Waals surface area contributed by atoms with E-state index in [0.717, 1.165) is 36.2 Å². The van der Waals surface area contributed by atoms with Crippen molar-refractivity contribution in [3.05, 3.63) is 57.6 Å². The number of amides is 4. The lowest BCUT2D eigenvalue weighted by molar-refractivity contribution is -0.137. The Hall–Kier alpha value is -3.43. The Morgan fingerprint density at radius 1 is 1.18 bits per heavy atom. The van der Waals surface area contributed by atoms with Crippen LogP contribution in [0.5, 0.6) is 5.75 Å². The maximum Gasteiger partial charge on any atom is 0.255 e. The smallest absolute Gasteiger partial charge is 0.255 e. The highest BCUT2D eigenvalue weighted by molar-refractivity contribution is 6.32. The quantitative estimate of drug-likeness (QED) is 0.445. The third-order valence-electron chi connectivity index (χ3n) is 7.45. The molecule has 3 N–H and O–H groups in total. The van der Waals surface area contributed by atoms with Crippen LogP contribution in [0.25, 0.3) is 0 Å². The summed E-state index contributed by atoms with van der Waals surface area (Å²) < 4.78 is 6.02. The maximum absolute atomic E-state index is 13.0. The number of nitrogens with one attached hydrogen (secondary N) is 3. The number of nitrogens with zero attached hydrogens (tertiary/aromatic N) is 1. The fourth-order valence-corrected chi connectivity index (χ4v) is 5.39. The Labute approximate surface area is 226 Å². The van der Waals surface area contributed by atoms with Crippen molar-refractivity contribution in [3.8, 4) is 5.75 Å². The zero-order valence-electron chi connectivity index (χ0n) is 21.3. The van der Waals surface area contributed by atoms with Crippen molar-refractivity contribution in [3.63, 3.8) is 0 Å². The normalized spacial score (nSPS) is 20.9. The summed E-state index contributed by atoms with van der Waals surface area (Å²) in [6, 6.07) is 8.45. The van der Waals surface area contributed by atoms with E-state index in [2.05, 4.69) is 16.0 Å². The first-order valence-electron chi connectivity index (χ1n) is 13.0. The minimum Gasteiger partial charge on any atom is -0.493 e. The van der Waals surface area contributed by atoms with E-state index in [1.54, 1.807) is 18.2 Å². The topological polar surface area (TPSA) is 117 Å². The van der Waals surface area contributed by atoms with Crippen LogP contribution in [0.3, 0.4) is 0 Å². The van der Waals surface area contributed by atoms with Gasteiger partial charge in [0.2, 0.25) is 17.7 Å². The number of fused-ring (bicyclic) bond motifs is 1. The molecule has 0 bridgehead atoms. The molecule has 0 spiro atoms. The number of benzene rings is 2. The fraction of sp³-hybridized carbons (Fsp3) is 0.429. The molecule has 0 radical (unpaired) electrons. The van der Waals surface area contributed by atoms with Gasteiger partial charge in [0, 0.05) is 59.8 Å². The number of carbonyl (C=O) groups is 4. The number of carbonyl (C=O) groups excluding carboxylic acids is 4. The van der Waals surface area contributed by atoms with Crippen LogP contribution in [0.1, 0.15) is 52.7 Å². The Bertz CT molecular complexity index is 1290. The third kappa shape index (κ3) is 5.68. The second-order valence-electron chi connectivity index (χ2n) is 10.2. The lowest BCUT2D eigenvalue weighted by Crippen LogP contribution is -2.52. The molecule has 0 aliphatic carbocycles. The molecule has 2 unspecified atom stereocenters. The van der Waals surface area contributed by atoms with E-state index in [1.807, 2.05) is 19.1 Å². The van der Waals surface area contributed by atoms with E-state index in [4.69, 9.17) is 16.3 Å². The molecule has 0 saturated carbocycles. The van der Waals surface area contributed by atoms with Gasteiger partial charge in [0.25, 0.3) is 5.91 Å². The second kappa shape index (κ2) is 11.1. The van der Waals surface area contributed by atoms with E-state index >= 15 is 0 Å². The average Bonchev–Trinajstić information content (AvgIpc) is 3.52. The molecule has 10 heteroatoms. The number of halogens is 1. The molecule has 200 valence electrons. The first kappa shape index (κ1) is 26.2. The van der Waals surface area contributed by atoms with Gasteiger partial charge in [-0.25, -0.2) is 0 Å². The average molecular weight is 539 g/mol. The van der Waals surface area contributed by atoms with Crippen LogP contribution in [0, 0.1) is 12.8 Å². The molecule has 9 nitrogen and oxygen atoms in total. The van der Waals surface area contributed by atoms with Gasteiger partial charge in [-0.2, -0.15) is 0 Å². The molecular formula is C28H31ClN4O5. The number of rotatable bonds is 8. The van der Waals surface area contributed by atoms with E-state index in [1.165, 1.54) is 4.90 Å². The highest BCUT2D eigenvalue weighted by Gasteiger charge is 2.39. The van der Waals surface area contributed by atoms with Gasteiger partial charge in [0.1, 0.15) is 11.8 Å². The van der Waals surface area contributed by atoms with Crippen LogP contribution < -0.4 is 20.7 Å². The predicted octanol–water partition coefficient (Wildman–Crippen LogP) is 2.97.